The Hall–Kier alpha value is -2.12. The smallest absolute Gasteiger partial charge is 0.298 e. The summed E-state index contributed by atoms with van der Waals surface area (Å²) in [5.41, 5.74) is 7.00. The van der Waals surface area contributed by atoms with Gasteiger partial charge in [0.2, 0.25) is 0 Å². The molecule has 30 heavy (non-hydrogen) atoms. The fourth-order valence-corrected chi connectivity index (χ4v) is 6.00. The van der Waals surface area contributed by atoms with Crippen LogP contribution in [0, 0.1) is 0 Å². The van der Waals surface area contributed by atoms with Gasteiger partial charge in [0, 0.05) is 37.8 Å². The molecule has 2 bridgehead atoms. The van der Waals surface area contributed by atoms with E-state index in [1.165, 1.54) is 32.1 Å². The molecule has 1 aromatic carbocycles. The molecule has 3 aliphatic rings. The highest BCUT2D eigenvalue weighted by atomic mass is 16.4. The third kappa shape index (κ3) is 3.28. The van der Waals surface area contributed by atoms with Crippen molar-refractivity contribution in [2.45, 2.75) is 69.6 Å². The third-order valence-electron chi connectivity index (χ3n) is 7.67. The van der Waals surface area contributed by atoms with Gasteiger partial charge in [-0.2, -0.15) is 4.98 Å². The van der Waals surface area contributed by atoms with Crippen molar-refractivity contribution in [1.29, 1.82) is 0 Å². The standard InChI is InChI=1S/C23H33N5O2/c1-23(2)14-27(17-12-15-6-4-7-16(13-17)26(15)3)10-11-28(23)22-25-20-18(21(24)29)8-5-9-19(20)30-22/h5,8-9,15-17H,4,6-7,10-14H2,1-3H3,(H2,24,29). The summed E-state index contributed by atoms with van der Waals surface area (Å²) in [7, 11) is 2.32. The number of para-hydroxylation sites is 1. The van der Waals surface area contributed by atoms with E-state index >= 15 is 0 Å². The number of piperidine rings is 2. The Bertz CT molecular complexity index is 940. The second-order valence-corrected chi connectivity index (χ2v) is 9.98. The van der Waals surface area contributed by atoms with E-state index in [0.717, 1.165) is 31.7 Å². The van der Waals surface area contributed by atoms with Gasteiger partial charge < -0.3 is 20.0 Å². The zero-order valence-corrected chi connectivity index (χ0v) is 18.3. The molecule has 4 heterocycles. The number of nitrogens with two attached hydrogens (primary N) is 1. The molecule has 3 saturated heterocycles. The molecule has 2 aromatic rings. The van der Waals surface area contributed by atoms with Crippen LogP contribution >= 0.6 is 0 Å². The highest BCUT2D eigenvalue weighted by Gasteiger charge is 2.43. The Balaban J connectivity index is 1.36. The van der Waals surface area contributed by atoms with Gasteiger partial charge in [0.05, 0.1) is 11.1 Å². The predicted molar refractivity (Wildman–Crippen MR) is 118 cm³/mol. The van der Waals surface area contributed by atoms with E-state index in [4.69, 9.17) is 10.2 Å². The number of rotatable bonds is 3. The fourth-order valence-electron chi connectivity index (χ4n) is 6.00. The van der Waals surface area contributed by atoms with Gasteiger partial charge in [-0.15, -0.1) is 0 Å². The van der Waals surface area contributed by atoms with Crippen molar-refractivity contribution in [3.8, 4) is 0 Å². The summed E-state index contributed by atoms with van der Waals surface area (Å²) in [6, 6.07) is 8.08. The molecule has 1 amide bonds. The molecule has 0 saturated carbocycles. The first kappa shape index (κ1) is 19.8. The Morgan fingerprint density at radius 2 is 1.90 bits per heavy atom. The molecular weight excluding hydrogens is 378 g/mol. The first-order chi connectivity index (χ1) is 14.3. The number of carbonyl (C=O) groups excluding carboxylic acids is 1. The lowest BCUT2D eigenvalue weighted by atomic mass is 9.81. The number of hydrogen-bond acceptors (Lipinski definition) is 6. The molecule has 1 aromatic heterocycles. The van der Waals surface area contributed by atoms with Crippen molar-refractivity contribution in [3.63, 3.8) is 0 Å². The van der Waals surface area contributed by atoms with E-state index in [-0.39, 0.29) is 5.54 Å². The lowest BCUT2D eigenvalue weighted by Gasteiger charge is -2.54. The number of piperazine rings is 1. The lowest BCUT2D eigenvalue weighted by molar-refractivity contribution is -0.00233. The largest absolute Gasteiger partial charge is 0.423 e. The quantitative estimate of drug-likeness (QED) is 0.837. The highest BCUT2D eigenvalue weighted by molar-refractivity contribution is 6.03. The molecule has 0 spiro atoms. The first-order valence-corrected chi connectivity index (χ1v) is 11.3. The lowest BCUT2D eigenvalue weighted by Crippen LogP contribution is -2.64. The second-order valence-electron chi connectivity index (χ2n) is 9.98. The summed E-state index contributed by atoms with van der Waals surface area (Å²) in [5.74, 6) is -0.475. The van der Waals surface area contributed by atoms with Crippen LogP contribution in [-0.2, 0) is 0 Å². The maximum absolute atomic E-state index is 11.8. The molecule has 7 heteroatoms. The van der Waals surface area contributed by atoms with Crippen LogP contribution in [0.15, 0.2) is 22.6 Å². The minimum absolute atomic E-state index is 0.107. The zero-order chi connectivity index (χ0) is 21.0. The summed E-state index contributed by atoms with van der Waals surface area (Å²) in [5, 5.41) is 0. The second kappa shape index (κ2) is 7.24. The van der Waals surface area contributed by atoms with Gasteiger partial charge in [0.15, 0.2) is 5.58 Å². The molecular formula is C23H33N5O2. The Morgan fingerprint density at radius 3 is 2.57 bits per heavy atom. The van der Waals surface area contributed by atoms with Crippen molar-refractivity contribution in [2.24, 2.45) is 5.73 Å². The third-order valence-corrected chi connectivity index (χ3v) is 7.67. The predicted octanol–water partition coefficient (Wildman–Crippen LogP) is 2.84. The monoisotopic (exact) mass is 411 g/mol. The summed E-state index contributed by atoms with van der Waals surface area (Å²) in [6.07, 6.45) is 6.65. The number of fused-ring (bicyclic) bond motifs is 3. The maximum atomic E-state index is 11.8. The number of nitrogens with zero attached hydrogens (tertiary/aromatic N) is 4. The molecule has 2 N–H and O–H groups in total. The number of carbonyl (C=O) groups is 1. The highest BCUT2D eigenvalue weighted by Crippen LogP contribution is 2.37. The number of aromatic nitrogens is 1. The van der Waals surface area contributed by atoms with Crippen LogP contribution in [-0.4, -0.2) is 71.0 Å². The molecule has 5 rings (SSSR count). The van der Waals surface area contributed by atoms with Gasteiger partial charge in [-0.25, -0.2) is 0 Å². The molecule has 2 atom stereocenters. The van der Waals surface area contributed by atoms with Crippen LogP contribution in [0.3, 0.4) is 0 Å². The number of hydrogen-bond donors (Lipinski definition) is 1. The summed E-state index contributed by atoms with van der Waals surface area (Å²) < 4.78 is 6.07. The average Bonchev–Trinajstić information content (AvgIpc) is 3.10. The van der Waals surface area contributed by atoms with Crippen LogP contribution < -0.4 is 10.6 Å². The normalized spacial score (nSPS) is 30.0. The van der Waals surface area contributed by atoms with Gasteiger partial charge in [-0.1, -0.05) is 12.5 Å². The van der Waals surface area contributed by atoms with Crippen molar-refractivity contribution in [2.75, 3.05) is 31.6 Å². The zero-order valence-electron chi connectivity index (χ0n) is 18.3. The summed E-state index contributed by atoms with van der Waals surface area (Å²) in [4.78, 5) is 24.0. The van der Waals surface area contributed by atoms with Crippen LogP contribution in [0.1, 0.15) is 56.3 Å². The maximum Gasteiger partial charge on any atom is 0.298 e. The van der Waals surface area contributed by atoms with E-state index in [1.807, 2.05) is 6.07 Å². The minimum atomic E-state index is -0.475. The fraction of sp³-hybridized carbons (Fsp3) is 0.652. The molecule has 7 nitrogen and oxygen atoms in total. The Morgan fingerprint density at radius 1 is 1.17 bits per heavy atom. The Labute approximate surface area is 178 Å². The molecule has 162 valence electrons. The van der Waals surface area contributed by atoms with E-state index in [1.54, 1.807) is 12.1 Å². The van der Waals surface area contributed by atoms with E-state index < -0.39 is 5.91 Å². The SMILES string of the molecule is CN1C2CCCC1CC(N1CCN(c3nc4c(C(N)=O)cccc4o3)C(C)(C)C1)C2. The average molecular weight is 412 g/mol. The van der Waals surface area contributed by atoms with Gasteiger partial charge in [-0.3, -0.25) is 9.69 Å². The van der Waals surface area contributed by atoms with Crippen molar-refractivity contribution in [1.82, 2.24) is 14.8 Å². The van der Waals surface area contributed by atoms with Crippen LogP contribution in [0.5, 0.6) is 0 Å². The molecule has 0 radical (unpaired) electrons. The van der Waals surface area contributed by atoms with Gasteiger partial charge in [-0.05, 0) is 58.7 Å². The van der Waals surface area contributed by atoms with Crippen molar-refractivity contribution >= 4 is 23.0 Å². The molecule has 3 aliphatic heterocycles. The number of amides is 1. The molecule has 0 aliphatic carbocycles. The van der Waals surface area contributed by atoms with E-state index in [0.29, 0.717) is 28.7 Å². The summed E-state index contributed by atoms with van der Waals surface area (Å²) in [6.45, 7) is 7.39. The number of anilines is 1. The van der Waals surface area contributed by atoms with Crippen LogP contribution in [0.2, 0.25) is 0 Å². The first-order valence-electron chi connectivity index (χ1n) is 11.3. The van der Waals surface area contributed by atoms with Crippen LogP contribution in [0.25, 0.3) is 11.1 Å². The number of primary amides is 1. The van der Waals surface area contributed by atoms with Gasteiger partial charge >= 0.3 is 0 Å². The van der Waals surface area contributed by atoms with Gasteiger partial charge in [0.1, 0.15) is 5.52 Å². The molecule has 2 unspecified atom stereocenters. The number of benzene rings is 1. The molecule has 3 fully saturated rings. The van der Waals surface area contributed by atoms with E-state index in [9.17, 15) is 4.79 Å². The number of oxazole rings is 1. The minimum Gasteiger partial charge on any atom is -0.423 e. The Kier molecular flexibility index (Phi) is 4.78. The summed E-state index contributed by atoms with van der Waals surface area (Å²) >= 11 is 0. The van der Waals surface area contributed by atoms with Crippen LogP contribution in [0.4, 0.5) is 6.01 Å². The van der Waals surface area contributed by atoms with Gasteiger partial charge in [0.25, 0.3) is 11.9 Å². The topological polar surface area (TPSA) is 78.8 Å². The van der Waals surface area contributed by atoms with Crippen molar-refractivity contribution in [3.05, 3.63) is 23.8 Å². The van der Waals surface area contributed by atoms with E-state index in [2.05, 4.69) is 40.6 Å². The van der Waals surface area contributed by atoms with Crippen molar-refractivity contribution < 1.29 is 9.21 Å².